The SMILES string of the molecule is CCCCC1(CCCC)CS(=O)(=O)c2ccc(N(C)C)cc2C(c2cccc([N+](C)(C)C)c2)C1O.[I-]. The van der Waals surface area contributed by atoms with E-state index in [1.807, 2.05) is 37.2 Å². The lowest BCUT2D eigenvalue weighted by atomic mass is 9.68. The van der Waals surface area contributed by atoms with Gasteiger partial charge in [-0.2, -0.15) is 0 Å². The monoisotopic (exact) mass is 628 g/mol. The molecule has 0 aliphatic carbocycles. The zero-order valence-electron chi connectivity index (χ0n) is 23.1. The van der Waals surface area contributed by atoms with Crippen LogP contribution in [0.25, 0.3) is 0 Å². The van der Waals surface area contributed by atoms with Gasteiger partial charge >= 0.3 is 0 Å². The predicted molar refractivity (Wildman–Crippen MR) is 148 cm³/mol. The molecule has 0 amide bonds. The van der Waals surface area contributed by atoms with Gasteiger partial charge in [0.05, 0.1) is 37.9 Å². The van der Waals surface area contributed by atoms with Crippen molar-refractivity contribution >= 4 is 21.2 Å². The third-order valence-corrected chi connectivity index (χ3v) is 9.66. The van der Waals surface area contributed by atoms with Crippen LogP contribution in [0.15, 0.2) is 47.4 Å². The lowest BCUT2D eigenvalue weighted by Gasteiger charge is -2.40. The number of aliphatic hydroxyl groups excluding tert-OH is 1. The molecule has 0 spiro atoms. The number of aliphatic hydroxyl groups is 1. The van der Waals surface area contributed by atoms with E-state index in [4.69, 9.17) is 0 Å². The summed E-state index contributed by atoms with van der Waals surface area (Å²) in [4.78, 5) is 2.36. The van der Waals surface area contributed by atoms with Gasteiger partial charge in [0.25, 0.3) is 0 Å². The second-order valence-corrected chi connectivity index (χ2v) is 13.4. The van der Waals surface area contributed by atoms with Crippen molar-refractivity contribution in [2.24, 2.45) is 5.41 Å². The summed E-state index contributed by atoms with van der Waals surface area (Å²) in [5, 5.41) is 12.3. The van der Waals surface area contributed by atoms with E-state index >= 15 is 0 Å². The highest BCUT2D eigenvalue weighted by Gasteiger charge is 2.49. The Kier molecular flexibility index (Phi) is 10.5. The first kappa shape index (κ1) is 31.1. The topological polar surface area (TPSA) is 57.6 Å². The van der Waals surface area contributed by atoms with Gasteiger partial charge < -0.3 is 34.0 Å². The summed E-state index contributed by atoms with van der Waals surface area (Å²) in [6.07, 6.45) is 4.38. The number of hydrogen-bond donors (Lipinski definition) is 1. The van der Waals surface area contributed by atoms with Gasteiger partial charge in [-0.15, -0.1) is 0 Å². The average Bonchev–Trinajstić information content (AvgIpc) is 2.86. The molecule has 5 nitrogen and oxygen atoms in total. The molecule has 7 heteroatoms. The molecular weight excluding hydrogens is 583 g/mol. The van der Waals surface area contributed by atoms with Crippen LogP contribution < -0.4 is 33.4 Å². The largest absolute Gasteiger partial charge is 1.00 e. The fraction of sp³-hybridized carbons (Fsp3) is 0.586. The summed E-state index contributed by atoms with van der Waals surface area (Å²) in [5.41, 5.74) is 3.08. The second kappa shape index (κ2) is 12.1. The van der Waals surface area contributed by atoms with E-state index in [2.05, 4.69) is 53.2 Å². The van der Waals surface area contributed by atoms with Crippen molar-refractivity contribution in [1.82, 2.24) is 4.48 Å². The number of rotatable bonds is 9. The number of anilines is 1. The highest BCUT2D eigenvalue weighted by molar-refractivity contribution is 7.91. The molecule has 1 aliphatic heterocycles. The van der Waals surface area contributed by atoms with E-state index in [-0.39, 0.29) is 29.7 Å². The highest BCUT2D eigenvalue weighted by atomic mass is 127. The van der Waals surface area contributed by atoms with E-state index in [0.717, 1.165) is 48.2 Å². The van der Waals surface area contributed by atoms with Crippen molar-refractivity contribution < 1.29 is 37.5 Å². The highest BCUT2D eigenvalue weighted by Crippen LogP contribution is 2.50. The first-order chi connectivity index (χ1) is 16.4. The molecular formula is C29H45IN2O3S. The molecule has 2 unspecified atom stereocenters. The van der Waals surface area contributed by atoms with E-state index in [1.165, 1.54) is 0 Å². The number of halogens is 1. The minimum Gasteiger partial charge on any atom is -1.00 e. The van der Waals surface area contributed by atoms with Gasteiger partial charge in [0.15, 0.2) is 9.84 Å². The van der Waals surface area contributed by atoms with E-state index in [0.29, 0.717) is 22.2 Å². The maximum Gasteiger partial charge on any atom is 0.179 e. The normalized spacial score (nSPS) is 20.7. The summed E-state index contributed by atoms with van der Waals surface area (Å²) in [6, 6.07) is 14.0. The third-order valence-electron chi connectivity index (χ3n) is 7.66. The number of sulfone groups is 1. The van der Waals surface area contributed by atoms with E-state index in [9.17, 15) is 13.5 Å². The van der Waals surface area contributed by atoms with Crippen LogP contribution in [-0.4, -0.2) is 60.6 Å². The zero-order chi connectivity index (χ0) is 26.0. The fourth-order valence-electron chi connectivity index (χ4n) is 5.53. The molecule has 0 saturated carbocycles. The van der Waals surface area contributed by atoms with Crippen molar-refractivity contribution in [3.8, 4) is 0 Å². The number of fused-ring (bicyclic) bond motifs is 1. The smallest absolute Gasteiger partial charge is 0.179 e. The second-order valence-electron chi connectivity index (χ2n) is 11.5. The Morgan fingerprint density at radius 1 is 1.00 bits per heavy atom. The summed E-state index contributed by atoms with van der Waals surface area (Å²) < 4.78 is 28.5. The van der Waals surface area contributed by atoms with Crippen LogP contribution in [0.2, 0.25) is 0 Å². The zero-order valence-corrected chi connectivity index (χ0v) is 26.1. The molecule has 2 atom stereocenters. The van der Waals surface area contributed by atoms with Gasteiger partial charge in [-0.1, -0.05) is 51.7 Å². The Balaban J connectivity index is 0.00000456. The van der Waals surface area contributed by atoms with Crippen molar-refractivity contribution in [1.29, 1.82) is 0 Å². The molecule has 3 rings (SSSR count). The van der Waals surface area contributed by atoms with Gasteiger partial charge in [0.2, 0.25) is 0 Å². The van der Waals surface area contributed by atoms with Crippen molar-refractivity contribution in [3.63, 3.8) is 0 Å². The van der Waals surface area contributed by atoms with Crippen LogP contribution in [0.5, 0.6) is 0 Å². The predicted octanol–water partition coefficient (Wildman–Crippen LogP) is 2.60. The standard InChI is InChI=1S/C29H45N2O3S.HI/c1-8-10-17-29(18-11-9-2)21-35(33,34)26-16-15-23(30(3)4)20-25(26)27(28(29)32)22-13-12-14-24(19-22)31(5,6)7;/h12-16,19-20,27-28,32H,8-11,17-18,21H2,1-7H3;1H/q+1;/p-1. The quantitative estimate of drug-likeness (QED) is 0.343. The van der Waals surface area contributed by atoms with Gasteiger partial charge in [-0.05, 0) is 48.2 Å². The fourth-order valence-corrected chi connectivity index (χ4v) is 7.72. The molecule has 1 aliphatic rings. The number of quaternary nitrogens is 1. The first-order valence-electron chi connectivity index (χ1n) is 13.0. The van der Waals surface area contributed by atoms with E-state index < -0.39 is 27.3 Å². The summed E-state index contributed by atoms with van der Waals surface area (Å²) >= 11 is 0. The molecule has 36 heavy (non-hydrogen) atoms. The summed E-state index contributed by atoms with van der Waals surface area (Å²) in [7, 11) is 6.71. The first-order valence-corrected chi connectivity index (χ1v) is 14.7. The van der Waals surface area contributed by atoms with Gasteiger partial charge in [-0.25, -0.2) is 8.42 Å². The molecule has 1 N–H and O–H groups in total. The van der Waals surface area contributed by atoms with Gasteiger partial charge in [0, 0.05) is 37.2 Å². The molecule has 202 valence electrons. The Hall–Kier alpha value is -1.16. The molecule has 0 bridgehead atoms. The Labute approximate surface area is 236 Å². The summed E-state index contributed by atoms with van der Waals surface area (Å²) in [6.45, 7) is 4.26. The van der Waals surface area contributed by atoms with Crippen molar-refractivity contribution in [2.45, 2.75) is 69.3 Å². The molecule has 1 heterocycles. The minimum absolute atomic E-state index is 0. The van der Waals surface area contributed by atoms with Crippen LogP contribution in [0.3, 0.4) is 0 Å². The third kappa shape index (κ3) is 6.45. The Morgan fingerprint density at radius 2 is 1.61 bits per heavy atom. The van der Waals surface area contributed by atoms with Crippen LogP contribution in [0.4, 0.5) is 11.4 Å². The molecule has 0 radical (unpaired) electrons. The van der Waals surface area contributed by atoms with Gasteiger partial charge in [0.1, 0.15) is 5.69 Å². The molecule has 0 aromatic heterocycles. The van der Waals surface area contributed by atoms with Crippen molar-refractivity contribution in [2.75, 3.05) is 45.9 Å². The molecule has 2 aromatic carbocycles. The lowest BCUT2D eigenvalue weighted by Crippen LogP contribution is -3.00. The number of nitrogens with zero attached hydrogens (tertiary/aromatic N) is 2. The van der Waals surface area contributed by atoms with Crippen molar-refractivity contribution in [3.05, 3.63) is 53.6 Å². The Morgan fingerprint density at radius 3 is 2.14 bits per heavy atom. The van der Waals surface area contributed by atoms with E-state index in [1.54, 1.807) is 6.07 Å². The molecule has 0 fully saturated rings. The maximum absolute atomic E-state index is 13.9. The van der Waals surface area contributed by atoms with Crippen LogP contribution >= 0.6 is 0 Å². The number of benzene rings is 2. The summed E-state index contributed by atoms with van der Waals surface area (Å²) in [5.74, 6) is -0.413. The maximum atomic E-state index is 13.9. The average molecular weight is 629 g/mol. The van der Waals surface area contributed by atoms with Gasteiger partial charge in [-0.3, -0.25) is 4.48 Å². The van der Waals surface area contributed by atoms with Crippen LogP contribution in [0.1, 0.15) is 69.4 Å². The lowest BCUT2D eigenvalue weighted by molar-refractivity contribution is -0.0000146. The molecule has 2 aromatic rings. The molecule has 0 saturated heterocycles. The minimum atomic E-state index is -3.58. The van der Waals surface area contributed by atoms with Crippen LogP contribution in [-0.2, 0) is 9.84 Å². The number of unbranched alkanes of at least 4 members (excludes halogenated alkanes) is 2. The number of hydrogen-bond acceptors (Lipinski definition) is 4. The van der Waals surface area contributed by atoms with Crippen LogP contribution in [0, 0.1) is 5.41 Å². The Bertz CT molecular complexity index is 1120.